The highest BCUT2D eigenvalue weighted by Crippen LogP contribution is 2.14. The van der Waals surface area contributed by atoms with Gasteiger partial charge in [-0.2, -0.15) is 0 Å². The Morgan fingerprint density at radius 3 is 2.32 bits per heavy atom. The summed E-state index contributed by atoms with van der Waals surface area (Å²) >= 11 is 0. The van der Waals surface area contributed by atoms with Gasteiger partial charge in [-0.25, -0.2) is 0 Å². The van der Waals surface area contributed by atoms with Crippen LogP contribution >= 0.6 is 0 Å². The molecule has 2 heteroatoms. The Bertz CT molecular complexity index is 568. The van der Waals surface area contributed by atoms with Gasteiger partial charge < -0.3 is 4.74 Å². The van der Waals surface area contributed by atoms with Crippen molar-refractivity contribution in [1.82, 2.24) is 4.98 Å². The van der Waals surface area contributed by atoms with Gasteiger partial charge in [-0.05, 0) is 42.3 Å². The van der Waals surface area contributed by atoms with Gasteiger partial charge in [0.05, 0.1) is 7.11 Å². The molecule has 2 rings (SSSR count). The lowest BCUT2D eigenvalue weighted by Gasteiger charge is -2.00. The summed E-state index contributed by atoms with van der Waals surface area (Å²) in [4.78, 5) is 4.00. The summed E-state index contributed by atoms with van der Waals surface area (Å²) in [5.41, 5.74) is 3.51. The number of allylic oxidation sites excluding steroid dienone is 2. The number of hydrogen-bond acceptors (Lipinski definition) is 2. The Balaban J connectivity index is 2.08. The van der Waals surface area contributed by atoms with E-state index in [0.717, 1.165) is 16.9 Å². The number of nitrogens with zero attached hydrogens (tertiary/aromatic N) is 1. The number of rotatable bonds is 4. The second-order valence-corrected chi connectivity index (χ2v) is 4.28. The summed E-state index contributed by atoms with van der Waals surface area (Å²) in [7, 11) is 1.67. The van der Waals surface area contributed by atoms with E-state index in [9.17, 15) is 0 Å². The first-order valence-electron chi connectivity index (χ1n) is 6.18. The minimum atomic E-state index is 0.877. The maximum Gasteiger partial charge on any atom is 0.118 e. The van der Waals surface area contributed by atoms with Crippen molar-refractivity contribution in [3.63, 3.8) is 0 Å². The van der Waals surface area contributed by atoms with E-state index in [4.69, 9.17) is 4.74 Å². The van der Waals surface area contributed by atoms with Crippen molar-refractivity contribution in [2.75, 3.05) is 7.11 Å². The Labute approximate surface area is 114 Å². The molecule has 0 bridgehead atoms. The van der Waals surface area contributed by atoms with Gasteiger partial charge in [0.1, 0.15) is 5.75 Å². The molecule has 96 valence electrons. The first kappa shape index (κ1) is 13.1. The van der Waals surface area contributed by atoms with Gasteiger partial charge in [0.25, 0.3) is 0 Å². The van der Waals surface area contributed by atoms with Crippen LogP contribution in [0.4, 0.5) is 0 Å². The van der Waals surface area contributed by atoms with E-state index in [1.54, 1.807) is 19.5 Å². The topological polar surface area (TPSA) is 22.1 Å². The molecule has 0 atom stereocenters. The fourth-order valence-corrected chi connectivity index (χ4v) is 1.71. The average Bonchev–Trinajstić information content (AvgIpc) is 2.47. The minimum absolute atomic E-state index is 0.877. The van der Waals surface area contributed by atoms with E-state index in [1.807, 2.05) is 36.4 Å². The van der Waals surface area contributed by atoms with Crippen molar-refractivity contribution < 1.29 is 4.74 Å². The van der Waals surface area contributed by atoms with Crippen LogP contribution in [0.3, 0.4) is 0 Å². The van der Waals surface area contributed by atoms with Gasteiger partial charge in [0.15, 0.2) is 0 Å². The predicted octanol–water partition coefficient (Wildman–Crippen LogP) is 4.21. The molecule has 0 spiro atoms. The van der Waals surface area contributed by atoms with Crippen molar-refractivity contribution in [1.29, 1.82) is 0 Å². The molecule has 0 N–H and O–H groups in total. The lowest BCUT2D eigenvalue weighted by atomic mass is 10.1. The molecule has 1 aromatic heterocycles. The summed E-state index contributed by atoms with van der Waals surface area (Å²) in [5, 5.41) is 0. The maximum atomic E-state index is 5.14. The van der Waals surface area contributed by atoms with Crippen LogP contribution in [0.2, 0.25) is 0 Å². The molecule has 1 aromatic carbocycles. The van der Waals surface area contributed by atoms with Crippen LogP contribution in [0, 0.1) is 0 Å². The fourth-order valence-electron chi connectivity index (χ4n) is 1.71. The monoisotopic (exact) mass is 251 g/mol. The normalized spacial score (nSPS) is 11.8. The van der Waals surface area contributed by atoms with Crippen LogP contribution in [-0.4, -0.2) is 12.1 Å². The molecule has 19 heavy (non-hydrogen) atoms. The Kier molecular flexibility index (Phi) is 4.51. The van der Waals surface area contributed by atoms with Crippen molar-refractivity contribution in [3.8, 4) is 5.75 Å². The molecule has 0 fully saturated rings. The van der Waals surface area contributed by atoms with Gasteiger partial charge in [-0.1, -0.05) is 35.9 Å². The summed E-state index contributed by atoms with van der Waals surface area (Å²) in [5.74, 6) is 0.877. The largest absolute Gasteiger partial charge is 0.497 e. The number of ether oxygens (including phenoxy) is 1. The fraction of sp³-hybridized carbons (Fsp3) is 0.118. The molecular weight excluding hydrogens is 234 g/mol. The van der Waals surface area contributed by atoms with Gasteiger partial charge in [0, 0.05) is 12.4 Å². The Morgan fingerprint density at radius 2 is 1.68 bits per heavy atom. The van der Waals surface area contributed by atoms with Crippen molar-refractivity contribution >= 4 is 12.2 Å². The van der Waals surface area contributed by atoms with Crippen LogP contribution in [0.1, 0.15) is 18.1 Å². The average molecular weight is 251 g/mol. The van der Waals surface area contributed by atoms with E-state index in [-0.39, 0.29) is 0 Å². The van der Waals surface area contributed by atoms with Gasteiger partial charge in [-0.15, -0.1) is 0 Å². The molecule has 1 heterocycles. The standard InChI is InChI=1S/C17H17NO/c1-14(3-4-15-9-11-18-12-10-15)13-16-5-7-17(19-2)8-6-16/h3-13H,1-2H3. The van der Waals surface area contributed by atoms with Crippen LogP contribution in [0.5, 0.6) is 5.75 Å². The second-order valence-electron chi connectivity index (χ2n) is 4.28. The first-order chi connectivity index (χ1) is 9.28. The highest BCUT2D eigenvalue weighted by atomic mass is 16.5. The Hall–Kier alpha value is -2.35. The number of benzene rings is 1. The lowest BCUT2D eigenvalue weighted by molar-refractivity contribution is 0.415. The van der Waals surface area contributed by atoms with Crippen LogP contribution in [0.15, 0.2) is 60.4 Å². The lowest BCUT2D eigenvalue weighted by Crippen LogP contribution is -1.81. The summed E-state index contributed by atoms with van der Waals surface area (Å²) in [6.07, 6.45) is 9.90. The molecule has 0 saturated carbocycles. The zero-order valence-electron chi connectivity index (χ0n) is 11.2. The minimum Gasteiger partial charge on any atom is -0.497 e. The third kappa shape index (κ3) is 4.11. The summed E-state index contributed by atoms with van der Waals surface area (Å²) < 4.78 is 5.14. The maximum absolute atomic E-state index is 5.14. The van der Waals surface area contributed by atoms with E-state index >= 15 is 0 Å². The second kappa shape index (κ2) is 6.55. The van der Waals surface area contributed by atoms with Crippen LogP contribution in [-0.2, 0) is 0 Å². The summed E-state index contributed by atoms with van der Waals surface area (Å²) in [6, 6.07) is 12.0. The number of aromatic nitrogens is 1. The molecule has 0 aliphatic rings. The quantitative estimate of drug-likeness (QED) is 0.759. The molecule has 0 aliphatic heterocycles. The van der Waals surface area contributed by atoms with E-state index in [1.165, 1.54) is 5.57 Å². The van der Waals surface area contributed by atoms with Crippen molar-refractivity contribution in [3.05, 3.63) is 71.6 Å². The SMILES string of the molecule is COc1ccc(C=C(C)C=Cc2ccncc2)cc1. The molecule has 2 aromatic rings. The molecular formula is C17H17NO. The molecule has 0 saturated heterocycles. The predicted molar refractivity (Wildman–Crippen MR) is 79.9 cm³/mol. The zero-order valence-corrected chi connectivity index (χ0v) is 11.2. The highest BCUT2D eigenvalue weighted by molar-refractivity contribution is 5.61. The number of methoxy groups -OCH3 is 1. The third-order valence-corrected chi connectivity index (χ3v) is 2.75. The highest BCUT2D eigenvalue weighted by Gasteiger charge is 1.91. The molecule has 2 nitrogen and oxygen atoms in total. The van der Waals surface area contributed by atoms with Gasteiger partial charge in [-0.3, -0.25) is 4.98 Å². The van der Waals surface area contributed by atoms with Gasteiger partial charge >= 0.3 is 0 Å². The summed E-state index contributed by atoms with van der Waals surface area (Å²) in [6.45, 7) is 2.09. The van der Waals surface area contributed by atoms with Crippen LogP contribution in [0.25, 0.3) is 12.2 Å². The first-order valence-corrected chi connectivity index (χ1v) is 6.18. The molecule has 0 unspecified atom stereocenters. The third-order valence-electron chi connectivity index (χ3n) is 2.75. The number of hydrogen-bond donors (Lipinski definition) is 0. The van der Waals surface area contributed by atoms with Crippen molar-refractivity contribution in [2.24, 2.45) is 0 Å². The van der Waals surface area contributed by atoms with Gasteiger partial charge in [0.2, 0.25) is 0 Å². The molecule has 0 aliphatic carbocycles. The number of pyridine rings is 1. The van der Waals surface area contributed by atoms with E-state index < -0.39 is 0 Å². The van der Waals surface area contributed by atoms with Crippen molar-refractivity contribution in [2.45, 2.75) is 6.92 Å². The van der Waals surface area contributed by atoms with Crippen LogP contribution < -0.4 is 4.74 Å². The molecule has 0 radical (unpaired) electrons. The smallest absolute Gasteiger partial charge is 0.118 e. The van der Waals surface area contributed by atoms with E-state index in [0.29, 0.717) is 0 Å². The van der Waals surface area contributed by atoms with E-state index in [2.05, 4.69) is 30.1 Å². The Morgan fingerprint density at radius 1 is 1.00 bits per heavy atom. The zero-order chi connectivity index (χ0) is 13.5. The molecule has 0 amide bonds.